The van der Waals surface area contributed by atoms with Crippen molar-refractivity contribution in [3.8, 4) is 11.3 Å². The predicted octanol–water partition coefficient (Wildman–Crippen LogP) is 5.33. The maximum Gasteiger partial charge on any atom is 0.354 e. The van der Waals surface area contributed by atoms with Crippen molar-refractivity contribution in [2.75, 3.05) is 0 Å². The molecule has 2 aromatic heterocycles. The van der Waals surface area contributed by atoms with Crippen LogP contribution < -0.4 is 0 Å². The first-order valence-electron chi connectivity index (χ1n) is 9.57. The van der Waals surface area contributed by atoms with Gasteiger partial charge in [0.2, 0.25) is 0 Å². The first-order valence-corrected chi connectivity index (χ1v) is 9.57. The summed E-state index contributed by atoms with van der Waals surface area (Å²) in [7, 11) is 0. The predicted molar refractivity (Wildman–Crippen MR) is 110 cm³/mol. The average Bonchev–Trinajstić information content (AvgIpc) is 3.52. The van der Waals surface area contributed by atoms with Crippen LogP contribution in [0, 0.1) is 0 Å². The number of carboxylic acid groups (broad SMARTS) is 1. The lowest BCUT2D eigenvalue weighted by Crippen LogP contribution is -2.07. The quantitative estimate of drug-likeness (QED) is 0.518. The Kier molecular flexibility index (Phi) is 3.97. The van der Waals surface area contributed by atoms with Gasteiger partial charge in [-0.1, -0.05) is 42.5 Å². The highest BCUT2D eigenvalue weighted by Crippen LogP contribution is 2.41. The van der Waals surface area contributed by atoms with E-state index in [2.05, 4.69) is 45.9 Å². The summed E-state index contributed by atoms with van der Waals surface area (Å²) in [6.45, 7) is 0.525. The number of fused-ring (bicyclic) bond motifs is 1. The Hall–Kier alpha value is -3.40. The number of carbonyl (C=O) groups is 1. The molecule has 1 aliphatic rings. The van der Waals surface area contributed by atoms with Crippen molar-refractivity contribution in [3.05, 3.63) is 89.7 Å². The molecule has 1 fully saturated rings. The van der Waals surface area contributed by atoms with Crippen molar-refractivity contribution in [1.82, 2.24) is 9.55 Å². The van der Waals surface area contributed by atoms with E-state index in [1.54, 1.807) is 6.07 Å². The summed E-state index contributed by atoms with van der Waals surface area (Å²) < 4.78 is 2.23. The third kappa shape index (κ3) is 3.07. The summed E-state index contributed by atoms with van der Waals surface area (Å²) in [6.07, 6.45) is 2.56. The highest BCUT2D eigenvalue weighted by molar-refractivity contribution is 5.88. The van der Waals surface area contributed by atoms with Crippen molar-refractivity contribution in [1.29, 1.82) is 0 Å². The molecule has 0 saturated heterocycles. The Morgan fingerprint density at radius 2 is 1.82 bits per heavy atom. The fourth-order valence-corrected chi connectivity index (χ4v) is 3.83. The van der Waals surface area contributed by atoms with Crippen LogP contribution >= 0.6 is 0 Å². The molecular formula is C24H20N2O2. The van der Waals surface area contributed by atoms with Gasteiger partial charge in [-0.25, -0.2) is 9.78 Å². The molecular weight excluding hydrogens is 348 g/mol. The molecule has 1 saturated carbocycles. The van der Waals surface area contributed by atoms with Gasteiger partial charge in [-0.2, -0.15) is 0 Å². The fourth-order valence-electron chi connectivity index (χ4n) is 3.83. The topological polar surface area (TPSA) is 55.1 Å². The SMILES string of the molecule is O=C(O)c1cccc(Cn2c(-c3ccccc3)cc3cc(C4CC4)ccc32)n1. The molecule has 2 heterocycles. The van der Waals surface area contributed by atoms with Crippen LogP contribution in [0.3, 0.4) is 0 Å². The molecule has 0 unspecified atom stereocenters. The first-order chi connectivity index (χ1) is 13.7. The van der Waals surface area contributed by atoms with Crippen LogP contribution in [-0.4, -0.2) is 20.6 Å². The third-order valence-electron chi connectivity index (χ3n) is 5.39. The minimum absolute atomic E-state index is 0.0752. The highest BCUT2D eigenvalue weighted by atomic mass is 16.4. The number of benzene rings is 2. The van der Waals surface area contributed by atoms with Gasteiger partial charge in [0, 0.05) is 16.6 Å². The van der Waals surface area contributed by atoms with Crippen molar-refractivity contribution in [2.45, 2.75) is 25.3 Å². The van der Waals surface area contributed by atoms with Crippen molar-refractivity contribution >= 4 is 16.9 Å². The largest absolute Gasteiger partial charge is 0.477 e. The van der Waals surface area contributed by atoms with Gasteiger partial charge in [0.15, 0.2) is 0 Å². The summed E-state index contributed by atoms with van der Waals surface area (Å²) in [5, 5.41) is 10.5. The van der Waals surface area contributed by atoms with Gasteiger partial charge in [0.25, 0.3) is 0 Å². The summed E-state index contributed by atoms with van der Waals surface area (Å²) in [5.41, 5.74) is 5.63. The van der Waals surface area contributed by atoms with Gasteiger partial charge >= 0.3 is 5.97 Å². The van der Waals surface area contributed by atoms with E-state index in [0.29, 0.717) is 12.5 Å². The van der Waals surface area contributed by atoms with Crippen molar-refractivity contribution in [2.24, 2.45) is 0 Å². The van der Waals surface area contributed by atoms with E-state index in [-0.39, 0.29) is 5.69 Å². The van der Waals surface area contributed by atoms with E-state index in [4.69, 9.17) is 0 Å². The van der Waals surface area contributed by atoms with Crippen LogP contribution in [0.2, 0.25) is 0 Å². The molecule has 0 aliphatic heterocycles. The Labute approximate surface area is 163 Å². The maximum absolute atomic E-state index is 11.3. The lowest BCUT2D eigenvalue weighted by molar-refractivity contribution is 0.0690. The standard InChI is InChI=1S/C24H20N2O2/c27-24(28)21-8-4-7-20(25-21)15-26-22-12-11-18(16-9-10-16)13-19(22)14-23(26)17-5-2-1-3-6-17/h1-8,11-14,16H,9-10,15H2,(H,27,28). The molecule has 4 aromatic rings. The molecule has 4 heteroatoms. The van der Waals surface area contributed by atoms with Crippen LogP contribution in [-0.2, 0) is 6.54 Å². The summed E-state index contributed by atoms with van der Waals surface area (Å²) in [4.78, 5) is 15.6. The van der Waals surface area contributed by atoms with E-state index >= 15 is 0 Å². The van der Waals surface area contributed by atoms with E-state index in [0.717, 1.165) is 22.5 Å². The minimum atomic E-state index is -1.00. The van der Waals surface area contributed by atoms with E-state index in [9.17, 15) is 9.90 Å². The van der Waals surface area contributed by atoms with Crippen LogP contribution in [0.4, 0.5) is 0 Å². The number of aromatic nitrogens is 2. The van der Waals surface area contributed by atoms with Gasteiger partial charge in [-0.05, 0) is 60.2 Å². The molecule has 0 bridgehead atoms. The number of carboxylic acids is 1. The lowest BCUT2D eigenvalue weighted by Gasteiger charge is -2.11. The van der Waals surface area contributed by atoms with Crippen LogP contribution in [0.25, 0.3) is 22.2 Å². The molecule has 0 radical (unpaired) electrons. The molecule has 4 nitrogen and oxygen atoms in total. The number of rotatable bonds is 5. The smallest absolute Gasteiger partial charge is 0.354 e. The monoisotopic (exact) mass is 368 g/mol. The second-order valence-corrected chi connectivity index (χ2v) is 7.39. The van der Waals surface area contributed by atoms with Crippen LogP contribution in [0.5, 0.6) is 0 Å². The van der Waals surface area contributed by atoms with Gasteiger partial charge in [0.1, 0.15) is 5.69 Å². The normalized spacial score (nSPS) is 13.7. The highest BCUT2D eigenvalue weighted by Gasteiger charge is 2.24. The zero-order valence-corrected chi connectivity index (χ0v) is 15.4. The molecule has 0 spiro atoms. The third-order valence-corrected chi connectivity index (χ3v) is 5.39. The molecule has 138 valence electrons. The van der Waals surface area contributed by atoms with E-state index in [1.165, 1.54) is 29.9 Å². The number of aromatic carboxylic acids is 1. The average molecular weight is 368 g/mol. The van der Waals surface area contributed by atoms with E-state index in [1.807, 2.05) is 24.3 Å². The summed E-state index contributed by atoms with van der Waals surface area (Å²) >= 11 is 0. The molecule has 2 aromatic carbocycles. The maximum atomic E-state index is 11.3. The second-order valence-electron chi connectivity index (χ2n) is 7.39. The molecule has 0 amide bonds. The van der Waals surface area contributed by atoms with Gasteiger partial charge in [-0.15, -0.1) is 0 Å². The second kappa shape index (κ2) is 6.64. The van der Waals surface area contributed by atoms with Crippen LogP contribution in [0.15, 0.2) is 72.8 Å². The molecule has 1 N–H and O–H groups in total. The zero-order chi connectivity index (χ0) is 19.1. The number of hydrogen-bond donors (Lipinski definition) is 1. The van der Waals surface area contributed by atoms with Gasteiger partial charge < -0.3 is 9.67 Å². The van der Waals surface area contributed by atoms with Gasteiger partial charge in [-0.3, -0.25) is 0 Å². The Bertz CT molecular complexity index is 1170. The first kappa shape index (κ1) is 16.8. The Balaban J connectivity index is 1.65. The van der Waals surface area contributed by atoms with E-state index < -0.39 is 5.97 Å². The Morgan fingerprint density at radius 1 is 1.00 bits per heavy atom. The van der Waals surface area contributed by atoms with Gasteiger partial charge in [0.05, 0.1) is 12.2 Å². The molecule has 0 atom stereocenters. The van der Waals surface area contributed by atoms with Crippen LogP contribution in [0.1, 0.15) is 40.5 Å². The van der Waals surface area contributed by atoms with Crippen molar-refractivity contribution in [3.63, 3.8) is 0 Å². The summed E-state index contributed by atoms with van der Waals surface area (Å²) in [6, 6.07) is 24.4. The Morgan fingerprint density at radius 3 is 2.57 bits per heavy atom. The number of nitrogens with zero attached hydrogens (tertiary/aromatic N) is 2. The molecule has 1 aliphatic carbocycles. The molecule has 28 heavy (non-hydrogen) atoms. The zero-order valence-electron chi connectivity index (χ0n) is 15.4. The fraction of sp³-hybridized carbons (Fsp3) is 0.167. The number of hydrogen-bond acceptors (Lipinski definition) is 2. The summed E-state index contributed by atoms with van der Waals surface area (Å²) in [5.74, 6) is -0.293. The van der Waals surface area contributed by atoms with Crippen molar-refractivity contribution < 1.29 is 9.90 Å². The number of pyridine rings is 1. The lowest BCUT2D eigenvalue weighted by atomic mass is 10.1. The minimum Gasteiger partial charge on any atom is -0.477 e. The molecule has 5 rings (SSSR count).